The average Bonchev–Trinajstić information content (AvgIpc) is 3.80. The average molecular weight is 615 g/mol. The third kappa shape index (κ3) is 6.41. The van der Waals surface area contributed by atoms with Gasteiger partial charge in [-0.2, -0.15) is 5.10 Å². The molecule has 6 aromatic rings. The van der Waals surface area contributed by atoms with Crippen molar-refractivity contribution in [2.75, 3.05) is 25.0 Å². The Kier molecular flexibility index (Phi) is 8.32. The van der Waals surface area contributed by atoms with E-state index in [0.29, 0.717) is 17.4 Å². The predicted octanol–water partition coefficient (Wildman–Crippen LogP) is 8.37. The zero-order valence-corrected chi connectivity index (χ0v) is 26.4. The van der Waals surface area contributed by atoms with Gasteiger partial charge in [0.25, 0.3) is 0 Å². The molecule has 8 nitrogen and oxygen atoms in total. The summed E-state index contributed by atoms with van der Waals surface area (Å²) in [4.78, 5) is 20.1. The lowest BCUT2D eigenvalue weighted by atomic mass is 9.99. The second-order valence-corrected chi connectivity index (χ2v) is 12.8. The van der Waals surface area contributed by atoms with Crippen LogP contribution in [0.5, 0.6) is 0 Å². The van der Waals surface area contributed by atoms with Crippen molar-refractivity contribution < 1.29 is 4.39 Å². The molecule has 0 saturated carbocycles. The molecule has 0 aliphatic carbocycles. The molecule has 0 bridgehead atoms. The molecular formula is C37H39FN8. The first-order valence-corrected chi connectivity index (χ1v) is 16.2. The van der Waals surface area contributed by atoms with Gasteiger partial charge in [-0.25, -0.2) is 9.37 Å². The van der Waals surface area contributed by atoms with Crippen molar-refractivity contribution in [3.63, 3.8) is 0 Å². The molecule has 1 aliphatic heterocycles. The first kappa shape index (κ1) is 29.8. The highest BCUT2D eigenvalue weighted by atomic mass is 19.1. The second-order valence-electron chi connectivity index (χ2n) is 12.8. The fourth-order valence-corrected chi connectivity index (χ4v) is 6.49. The first-order valence-electron chi connectivity index (χ1n) is 16.2. The van der Waals surface area contributed by atoms with Crippen LogP contribution in [0.25, 0.3) is 55.8 Å². The van der Waals surface area contributed by atoms with Crippen LogP contribution in [-0.2, 0) is 6.42 Å². The number of para-hydroxylation sites is 1. The number of likely N-dealkylation sites (tertiary alicyclic amines) is 1. The van der Waals surface area contributed by atoms with Gasteiger partial charge < -0.3 is 15.2 Å². The Morgan fingerprint density at radius 2 is 1.89 bits per heavy atom. The number of rotatable bonds is 11. The minimum atomic E-state index is -0.224. The molecule has 2 aromatic carbocycles. The zero-order chi connectivity index (χ0) is 31.6. The molecule has 3 N–H and O–H groups in total. The summed E-state index contributed by atoms with van der Waals surface area (Å²) in [5.41, 5.74) is 9.33. The lowest BCUT2D eigenvalue weighted by Crippen LogP contribution is -2.20. The number of nitrogens with one attached hydrogen (secondary N) is 3. The van der Waals surface area contributed by atoms with Crippen LogP contribution in [0.2, 0.25) is 0 Å². The monoisotopic (exact) mass is 614 g/mol. The van der Waals surface area contributed by atoms with E-state index < -0.39 is 0 Å². The molecule has 0 radical (unpaired) electrons. The Hall–Kier alpha value is -4.89. The van der Waals surface area contributed by atoms with E-state index >= 15 is 0 Å². The topological polar surface area (TPSA) is 98.4 Å². The van der Waals surface area contributed by atoms with Crippen LogP contribution in [0.3, 0.4) is 0 Å². The summed E-state index contributed by atoms with van der Waals surface area (Å²) in [6.07, 6.45) is 10.7. The Bertz CT molecular complexity index is 2020. The van der Waals surface area contributed by atoms with Crippen molar-refractivity contribution in [1.29, 1.82) is 0 Å². The maximum absolute atomic E-state index is 14.9. The number of hydrogen-bond donors (Lipinski definition) is 3. The Morgan fingerprint density at radius 3 is 2.74 bits per heavy atom. The zero-order valence-electron chi connectivity index (χ0n) is 26.4. The maximum Gasteiger partial charge on any atom is 0.159 e. The number of aromatic amines is 2. The summed E-state index contributed by atoms with van der Waals surface area (Å²) in [5.74, 6) is 0.916. The van der Waals surface area contributed by atoms with E-state index in [2.05, 4.69) is 61.9 Å². The summed E-state index contributed by atoms with van der Waals surface area (Å²) in [5, 5.41) is 12.0. The number of pyridine rings is 2. The van der Waals surface area contributed by atoms with Crippen LogP contribution < -0.4 is 5.32 Å². The number of allylic oxidation sites excluding steroid dienone is 1. The van der Waals surface area contributed by atoms with E-state index in [0.717, 1.165) is 87.1 Å². The molecule has 9 heteroatoms. The summed E-state index contributed by atoms with van der Waals surface area (Å²) < 4.78 is 14.9. The molecule has 1 fully saturated rings. The van der Waals surface area contributed by atoms with Gasteiger partial charge in [0.15, 0.2) is 5.82 Å². The highest BCUT2D eigenvalue weighted by molar-refractivity contribution is 5.97. The molecule has 0 atom stereocenters. The fourth-order valence-electron chi connectivity index (χ4n) is 6.49. The number of halogens is 1. The van der Waals surface area contributed by atoms with E-state index in [1.54, 1.807) is 30.7 Å². The number of H-pyrrole nitrogens is 2. The molecule has 0 spiro atoms. The SMILES string of the molecule is C=C(CC(C)C)Nc1cncc(-c2cc3c(-c4nc5c(-c6cc(F)cc(CCCN7CCCC7)c6)cccc5[nH]4)n[nH]c3cn2)c1. The molecule has 5 heterocycles. The van der Waals surface area contributed by atoms with Crippen molar-refractivity contribution in [2.24, 2.45) is 5.92 Å². The van der Waals surface area contributed by atoms with Crippen molar-refractivity contribution in [3.8, 4) is 33.9 Å². The van der Waals surface area contributed by atoms with Crippen LogP contribution in [0.1, 0.15) is 45.1 Å². The Morgan fingerprint density at radius 1 is 1.02 bits per heavy atom. The third-order valence-electron chi connectivity index (χ3n) is 8.60. The summed E-state index contributed by atoms with van der Waals surface area (Å²) >= 11 is 0. The molecule has 46 heavy (non-hydrogen) atoms. The lowest BCUT2D eigenvalue weighted by molar-refractivity contribution is 0.334. The standard InChI is InChI=1S/C37H39FN8/c1-23(2)14-24(3)41-29-18-27(20-39-21-29)33-19-31-34(22-40-33)44-45-36(31)37-42-32-10-6-9-30(35(32)43-37)26-15-25(16-28(38)17-26)8-7-13-46-11-4-5-12-46/h6,9-10,15-23,41H,3-5,7-8,11-14H2,1-2H3,(H,42,43)(H,44,45). The van der Waals surface area contributed by atoms with Gasteiger partial charge in [0.2, 0.25) is 0 Å². The number of benzene rings is 2. The first-order chi connectivity index (χ1) is 22.4. The second kappa shape index (κ2) is 12.8. The normalized spacial score (nSPS) is 13.7. The molecule has 234 valence electrons. The van der Waals surface area contributed by atoms with Crippen LogP contribution in [0.15, 0.2) is 79.4 Å². The quantitative estimate of drug-likeness (QED) is 0.136. The summed E-state index contributed by atoms with van der Waals surface area (Å²) in [6.45, 7) is 11.9. The van der Waals surface area contributed by atoms with Crippen LogP contribution in [0, 0.1) is 11.7 Å². The van der Waals surface area contributed by atoms with E-state index in [1.807, 2.05) is 30.3 Å². The number of aryl methyl sites for hydroxylation is 1. The van der Waals surface area contributed by atoms with Crippen LogP contribution >= 0.6 is 0 Å². The minimum absolute atomic E-state index is 0.224. The molecule has 1 aliphatic rings. The highest BCUT2D eigenvalue weighted by Gasteiger charge is 2.17. The summed E-state index contributed by atoms with van der Waals surface area (Å²) in [7, 11) is 0. The Labute approximate surface area is 268 Å². The summed E-state index contributed by atoms with van der Waals surface area (Å²) in [6, 6.07) is 15.4. The van der Waals surface area contributed by atoms with Crippen molar-refractivity contribution in [2.45, 2.75) is 46.0 Å². The maximum atomic E-state index is 14.9. The molecule has 4 aromatic heterocycles. The largest absolute Gasteiger partial charge is 0.358 e. The third-order valence-corrected chi connectivity index (χ3v) is 8.60. The molecule has 0 unspecified atom stereocenters. The van der Waals surface area contributed by atoms with Crippen molar-refractivity contribution in [3.05, 3.63) is 90.8 Å². The van der Waals surface area contributed by atoms with Crippen molar-refractivity contribution >= 4 is 27.6 Å². The number of imidazole rings is 1. The van der Waals surface area contributed by atoms with Gasteiger partial charge in [-0.3, -0.25) is 15.1 Å². The van der Waals surface area contributed by atoms with Crippen molar-refractivity contribution in [1.82, 2.24) is 35.0 Å². The molecule has 1 saturated heterocycles. The number of nitrogens with zero attached hydrogens (tertiary/aromatic N) is 5. The van der Waals surface area contributed by atoms with Crippen LogP contribution in [0.4, 0.5) is 10.1 Å². The van der Waals surface area contributed by atoms with Gasteiger partial charge in [-0.15, -0.1) is 0 Å². The van der Waals surface area contributed by atoms with Gasteiger partial charge in [0, 0.05) is 28.4 Å². The van der Waals surface area contributed by atoms with Gasteiger partial charge in [0.05, 0.1) is 40.3 Å². The van der Waals surface area contributed by atoms with Gasteiger partial charge in [-0.05, 0) is 99.1 Å². The predicted molar refractivity (Wildman–Crippen MR) is 184 cm³/mol. The molecule has 0 amide bonds. The Balaban J connectivity index is 1.18. The number of fused-ring (bicyclic) bond motifs is 2. The van der Waals surface area contributed by atoms with E-state index in [-0.39, 0.29) is 5.82 Å². The van der Waals surface area contributed by atoms with Gasteiger partial charge in [0.1, 0.15) is 11.5 Å². The molecular weight excluding hydrogens is 575 g/mol. The van der Waals surface area contributed by atoms with Gasteiger partial charge >= 0.3 is 0 Å². The smallest absolute Gasteiger partial charge is 0.159 e. The van der Waals surface area contributed by atoms with E-state index in [4.69, 9.17) is 4.98 Å². The van der Waals surface area contributed by atoms with E-state index in [1.165, 1.54) is 25.9 Å². The number of aromatic nitrogens is 6. The van der Waals surface area contributed by atoms with E-state index in [9.17, 15) is 4.39 Å². The molecule has 7 rings (SSSR count). The minimum Gasteiger partial charge on any atom is -0.358 e. The number of hydrogen-bond acceptors (Lipinski definition) is 6. The highest BCUT2D eigenvalue weighted by Crippen LogP contribution is 2.33. The fraction of sp³-hybridized carbons (Fsp3) is 0.297. The lowest BCUT2D eigenvalue weighted by Gasteiger charge is -2.14. The van der Waals surface area contributed by atoms with Crippen LogP contribution in [-0.4, -0.2) is 54.7 Å². The van der Waals surface area contributed by atoms with Gasteiger partial charge in [-0.1, -0.05) is 38.6 Å². The number of anilines is 1.